The number of benzene rings is 2. The first kappa shape index (κ1) is 13.8. The van der Waals surface area contributed by atoms with Gasteiger partial charge in [-0.3, -0.25) is 4.98 Å². The van der Waals surface area contributed by atoms with Crippen molar-refractivity contribution in [3.8, 4) is 11.1 Å². The summed E-state index contributed by atoms with van der Waals surface area (Å²) in [5.41, 5.74) is 6.29. The molecule has 0 saturated heterocycles. The molecule has 21 heavy (non-hydrogen) atoms. The van der Waals surface area contributed by atoms with Crippen LogP contribution >= 0.6 is 0 Å². The van der Waals surface area contributed by atoms with E-state index >= 15 is 0 Å². The van der Waals surface area contributed by atoms with Crippen LogP contribution in [0.2, 0.25) is 0 Å². The van der Waals surface area contributed by atoms with E-state index in [1.54, 1.807) is 0 Å². The molecule has 1 nitrogen and oxygen atoms in total. The molecule has 0 spiro atoms. The minimum absolute atomic E-state index is 0.128. The van der Waals surface area contributed by atoms with Crippen molar-refractivity contribution in [1.29, 1.82) is 0 Å². The molecule has 1 heterocycles. The highest BCUT2D eigenvalue weighted by molar-refractivity contribution is 5.94. The van der Waals surface area contributed by atoms with Crippen LogP contribution in [-0.4, -0.2) is 4.98 Å². The van der Waals surface area contributed by atoms with Crippen molar-refractivity contribution in [1.82, 2.24) is 4.98 Å². The smallest absolute Gasteiger partial charge is 0.0780 e. The fourth-order valence-electron chi connectivity index (χ4n) is 2.66. The summed E-state index contributed by atoms with van der Waals surface area (Å²) in [5.74, 6) is 0. The minimum Gasteiger partial charge on any atom is -0.256 e. The Bertz CT molecular complexity index is 794. The summed E-state index contributed by atoms with van der Waals surface area (Å²) in [6.45, 7) is 8.90. The van der Waals surface area contributed by atoms with Gasteiger partial charge in [0.1, 0.15) is 0 Å². The molecule has 0 unspecified atom stereocenters. The third kappa shape index (κ3) is 2.69. The Balaban J connectivity index is 2.34. The van der Waals surface area contributed by atoms with E-state index < -0.39 is 0 Å². The summed E-state index contributed by atoms with van der Waals surface area (Å²) in [5, 5.41) is 1.21. The van der Waals surface area contributed by atoms with E-state index in [2.05, 4.69) is 75.1 Å². The van der Waals surface area contributed by atoms with Gasteiger partial charge in [-0.05, 0) is 41.7 Å². The number of fused-ring (bicyclic) bond motifs is 1. The molecule has 0 N–H and O–H groups in total. The molecule has 0 atom stereocenters. The predicted octanol–water partition coefficient (Wildman–Crippen LogP) is 5.51. The number of hydrogen-bond acceptors (Lipinski definition) is 1. The first-order valence-electron chi connectivity index (χ1n) is 7.41. The van der Waals surface area contributed by atoms with E-state index in [9.17, 15) is 0 Å². The highest BCUT2D eigenvalue weighted by Crippen LogP contribution is 2.33. The standard InChI is InChI=1S/C20H21N/c1-14-7-5-8-15(11-14)18-13-17(20(2,3)4)12-16-9-6-10-21-19(16)18/h5-13H,1-4H3. The Morgan fingerprint density at radius 2 is 1.71 bits per heavy atom. The van der Waals surface area contributed by atoms with Crippen LogP contribution in [0.4, 0.5) is 0 Å². The van der Waals surface area contributed by atoms with Crippen LogP contribution in [0.25, 0.3) is 22.0 Å². The lowest BCUT2D eigenvalue weighted by atomic mass is 9.84. The number of aromatic nitrogens is 1. The van der Waals surface area contributed by atoms with Crippen LogP contribution < -0.4 is 0 Å². The molecule has 0 fully saturated rings. The maximum atomic E-state index is 4.61. The van der Waals surface area contributed by atoms with Crippen molar-refractivity contribution in [2.45, 2.75) is 33.1 Å². The summed E-state index contributed by atoms with van der Waals surface area (Å²) < 4.78 is 0. The van der Waals surface area contributed by atoms with Crippen LogP contribution in [0.5, 0.6) is 0 Å². The lowest BCUT2D eigenvalue weighted by Gasteiger charge is -2.21. The Hall–Kier alpha value is -2.15. The minimum atomic E-state index is 0.128. The molecule has 0 aliphatic carbocycles. The van der Waals surface area contributed by atoms with Crippen LogP contribution in [0.3, 0.4) is 0 Å². The van der Waals surface area contributed by atoms with Gasteiger partial charge < -0.3 is 0 Å². The van der Waals surface area contributed by atoms with Crippen molar-refractivity contribution in [2.75, 3.05) is 0 Å². The van der Waals surface area contributed by atoms with Crippen molar-refractivity contribution in [3.05, 3.63) is 65.9 Å². The fraction of sp³-hybridized carbons (Fsp3) is 0.250. The van der Waals surface area contributed by atoms with Crippen molar-refractivity contribution in [3.63, 3.8) is 0 Å². The third-order valence-corrected chi connectivity index (χ3v) is 3.90. The van der Waals surface area contributed by atoms with Gasteiger partial charge in [0, 0.05) is 17.1 Å². The van der Waals surface area contributed by atoms with E-state index in [1.807, 2.05) is 12.3 Å². The molecule has 0 saturated carbocycles. The average Bonchev–Trinajstić information content (AvgIpc) is 2.45. The number of hydrogen-bond donors (Lipinski definition) is 0. The largest absolute Gasteiger partial charge is 0.256 e. The summed E-state index contributed by atoms with van der Waals surface area (Å²) in [6, 6.07) is 17.4. The van der Waals surface area contributed by atoms with E-state index in [0.29, 0.717) is 0 Å². The maximum Gasteiger partial charge on any atom is 0.0780 e. The number of rotatable bonds is 1. The predicted molar refractivity (Wildman–Crippen MR) is 90.6 cm³/mol. The summed E-state index contributed by atoms with van der Waals surface area (Å²) in [4.78, 5) is 4.61. The lowest BCUT2D eigenvalue weighted by Crippen LogP contribution is -2.11. The van der Waals surface area contributed by atoms with Crippen molar-refractivity contribution in [2.24, 2.45) is 0 Å². The fourth-order valence-corrected chi connectivity index (χ4v) is 2.66. The second-order valence-electron chi connectivity index (χ2n) is 6.72. The van der Waals surface area contributed by atoms with Gasteiger partial charge in [0.15, 0.2) is 0 Å². The third-order valence-electron chi connectivity index (χ3n) is 3.90. The van der Waals surface area contributed by atoms with Gasteiger partial charge in [-0.1, -0.05) is 56.7 Å². The molecule has 3 rings (SSSR count). The maximum absolute atomic E-state index is 4.61. The van der Waals surface area contributed by atoms with Crippen LogP contribution in [-0.2, 0) is 5.41 Å². The highest BCUT2D eigenvalue weighted by Gasteiger charge is 2.17. The van der Waals surface area contributed by atoms with Gasteiger partial charge in [-0.25, -0.2) is 0 Å². The number of aryl methyl sites for hydroxylation is 1. The Morgan fingerprint density at radius 1 is 0.905 bits per heavy atom. The van der Waals surface area contributed by atoms with Gasteiger partial charge in [-0.2, -0.15) is 0 Å². The second kappa shape index (κ2) is 5.00. The monoisotopic (exact) mass is 275 g/mol. The summed E-state index contributed by atoms with van der Waals surface area (Å²) >= 11 is 0. The van der Waals surface area contributed by atoms with E-state index in [-0.39, 0.29) is 5.41 Å². The van der Waals surface area contributed by atoms with Gasteiger partial charge in [0.2, 0.25) is 0 Å². The zero-order valence-corrected chi connectivity index (χ0v) is 13.1. The quantitative estimate of drug-likeness (QED) is 0.571. The summed E-state index contributed by atoms with van der Waals surface area (Å²) in [6.07, 6.45) is 1.87. The van der Waals surface area contributed by atoms with Crippen molar-refractivity contribution >= 4 is 10.9 Å². The normalized spacial score (nSPS) is 11.8. The molecule has 3 aromatic rings. The Kier molecular flexibility index (Phi) is 3.29. The molecule has 0 amide bonds. The van der Waals surface area contributed by atoms with Gasteiger partial charge in [0.25, 0.3) is 0 Å². The van der Waals surface area contributed by atoms with E-state index in [4.69, 9.17) is 0 Å². The average molecular weight is 275 g/mol. The lowest BCUT2D eigenvalue weighted by molar-refractivity contribution is 0.591. The first-order chi connectivity index (χ1) is 9.95. The molecule has 1 heteroatoms. The van der Waals surface area contributed by atoms with Gasteiger partial charge >= 0.3 is 0 Å². The number of pyridine rings is 1. The molecule has 0 bridgehead atoms. The zero-order valence-electron chi connectivity index (χ0n) is 13.1. The van der Waals surface area contributed by atoms with Gasteiger partial charge in [-0.15, -0.1) is 0 Å². The summed E-state index contributed by atoms with van der Waals surface area (Å²) in [7, 11) is 0. The van der Waals surface area contributed by atoms with Crippen LogP contribution in [0.15, 0.2) is 54.7 Å². The second-order valence-corrected chi connectivity index (χ2v) is 6.72. The molecular formula is C20H21N. The van der Waals surface area contributed by atoms with Crippen LogP contribution in [0, 0.1) is 6.92 Å². The molecule has 0 aliphatic heterocycles. The topological polar surface area (TPSA) is 12.9 Å². The zero-order chi connectivity index (χ0) is 15.0. The molecule has 106 valence electrons. The molecule has 1 aromatic heterocycles. The Morgan fingerprint density at radius 3 is 2.43 bits per heavy atom. The van der Waals surface area contributed by atoms with Crippen LogP contribution in [0.1, 0.15) is 31.9 Å². The first-order valence-corrected chi connectivity index (χ1v) is 7.41. The SMILES string of the molecule is Cc1cccc(-c2cc(C(C)(C)C)cc3cccnc23)c1. The molecular weight excluding hydrogens is 254 g/mol. The molecule has 0 aliphatic rings. The van der Waals surface area contributed by atoms with E-state index in [0.717, 1.165) is 5.52 Å². The van der Waals surface area contributed by atoms with Gasteiger partial charge in [0.05, 0.1) is 5.52 Å². The van der Waals surface area contributed by atoms with Crippen molar-refractivity contribution < 1.29 is 0 Å². The Labute approximate surface area is 126 Å². The number of nitrogens with zero attached hydrogens (tertiary/aromatic N) is 1. The molecule has 0 radical (unpaired) electrons. The van der Waals surface area contributed by atoms with E-state index in [1.165, 1.54) is 27.6 Å². The molecule has 2 aromatic carbocycles. The highest BCUT2D eigenvalue weighted by atomic mass is 14.6.